The van der Waals surface area contributed by atoms with Crippen LogP contribution >= 0.6 is 7.82 Å². The van der Waals surface area contributed by atoms with E-state index in [4.69, 9.17) is 14.8 Å². The maximum Gasteiger partial charge on any atom is 0.472 e. The number of phosphoric ester groups is 1. The second kappa shape index (κ2) is 36.1. The van der Waals surface area contributed by atoms with Gasteiger partial charge in [-0.2, -0.15) is 0 Å². The van der Waals surface area contributed by atoms with Gasteiger partial charge in [-0.3, -0.25) is 13.8 Å². The summed E-state index contributed by atoms with van der Waals surface area (Å²) >= 11 is 0. The number of aliphatic hydroxyl groups excluding tert-OH is 2. The van der Waals surface area contributed by atoms with Gasteiger partial charge in [0.25, 0.3) is 0 Å². The molecule has 0 aliphatic carbocycles. The monoisotopic (exact) mass is 729 g/mol. The number of rotatable bonds is 37. The van der Waals surface area contributed by atoms with Crippen LogP contribution in [0, 0.1) is 0 Å². The van der Waals surface area contributed by atoms with E-state index in [1.54, 1.807) is 6.08 Å². The van der Waals surface area contributed by atoms with Gasteiger partial charge in [-0.05, 0) is 57.8 Å². The van der Waals surface area contributed by atoms with Gasteiger partial charge in [0.2, 0.25) is 5.91 Å². The summed E-state index contributed by atoms with van der Waals surface area (Å²) in [6.45, 7) is 3.91. The zero-order valence-electron chi connectivity index (χ0n) is 32.0. The van der Waals surface area contributed by atoms with Crippen LogP contribution in [0.15, 0.2) is 36.5 Å². The van der Waals surface area contributed by atoms with E-state index >= 15 is 0 Å². The number of hydrogen-bond donors (Lipinski definition) is 5. The molecule has 294 valence electrons. The first kappa shape index (κ1) is 48.7. The SMILES string of the molecule is CCCCCC/C=C\CCCCCCCC(O)CC(=O)NC(COP(=O)(O)OCCN)C(O)/C=C/CC/C=C/CCCCCCCCCCC. The molecule has 0 radical (unpaired) electrons. The number of phosphoric acid groups is 1. The summed E-state index contributed by atoms with van der Waals surface area (Å²) in [5.74, 6) is -0.463. The molecule has 0 aliphatic heterocycles. The fourth-order valence-electron chi connectivity index (χ4n) is 5.66. The number of aliphatic hydroxyl groups is 2. The fourth-order valence-corrected chi connectivity index (χ4v) is 6.41. The Hall–Kier alpha value is -1.32. The molecular weight excluding hydrogens is 651 g/mol. The van der Waals surface area contributed by atoms with E-state index in [2.05, 4.69) is 43.5 Å². The average molecular weight is 729 g/mol. The van der Waals surface area contributed by atoms with Gasteiger partial charge in [-0.15, -0.1) is 0 Å². The summed E-state index contributed by atoms with van der Waals surface area (Å²) in [4.78, 5) is 22.7. The number of allylic oxidation sites excluding steroid dienone is 5. The van der Waals surface area contributed by atoms with Crippen molar-refractivity contribution in [2.75, 3.05) is 19.8 Å². The van der Waals surface area contributed by atoms with Gasteiger partial charge in [0.05, 0.1) is 37.9 Å². The molecule has 0 saturated heterocycles. The Kier molecular flexibility index (Phi) is 35.1. The molecule has 0 spiro atoms. The third-order valence-electron chi connectivity index (χ3n) is 8.74. The molecule has 0 aromatic carbocycles. The predicted octanol–water partition coefficient (Wildman–Crippen LogP) is 9.75. The average Bonchev–Trinajstić information content (AvgIpc) is 3.09. The molecule has 1 amide bonds. The molecule has 10 heteroatoms. The highest BCUT2D eigenvalue weighted by atomic mass is 31.2. The van der Waals surface area contributed by atoms with Gasteiger partial charge in [0.15, 0.2) is 0 Å². The van der Waals surface area contributed by atoms with Crippen LogP contribution in [0.2, 0.25) is 0 Å². The molecule has 6 N–H and O–H groups in total. The highest BCUT2D eigenvalue weighted by molar-refractivity contribution is 7.47. The van der Waals surface area contributed by atoms with Crippen molar-refractivity contribution in [3.8, 4) is 0 Å². The Morgan fingerprint density at radius 1 is 0.680 bits per heavy atom. The zero-order valence-corrected chi connectivity index (χ0v) is 32.9. The molecule has 4 unspecified atom stereocenters. The first-order chi connectivity index (χ1) is 24.3. The highest BCUT2D eigenvalue weighted by Gasteiger charge is 2.27. The van der Waals surface area contributed by atoms with Crippen LogP contribution in [0.1, 0.15) is 174 Å². The minimum absolute atomic E-state index is 0.0432. The number of carbonyl (C=O) groups excluding carboxylic acids is 1. The van der Waals surface area contributed by atoms with Gasteiger partial charge in [-0.25, -0.2) is 4.57 Å². The number of carbonyl (C=O) groups is 1. The maximum absolute atomic E-state index is 12.8. The van der Waals surface area contributed by atoms with Crippen molar-refractivity contribution in [3.63, 3.8) is 0 Å². The molecule has 0 fully saturated rings. The minimum Gasteiger partial charge on any atom is -0.393 e. The van der Waals surface area contributed by atoms with Gasteiger partial charge in [0, 0.05) is 6.54 Å². The summed E-state index contributed by atoms with van der Waals surface area (Å²) < 4.78 is 22.0. The predicted molar refractivity (Wildman–Crippen MR) is 209 cm³/mol. The van der Waals surface area contributed by atoms with Gasteiger partial charge in [-0.1, -0.05) is 147 Å². The molecule has 0 aromatic rings. The number of nitrogens with two attached hydrogens (primary N) is 1. The van der Waals surface area contributed by atoms with Crippen molar-refractivity contribution < 1.29 is 33.5 Å². The summed E-state index contributed by atoms with van der Waals surface area (Å²) in [6, 6.07) is -1.000. The number of unbranched alkanes of at least 4 members (excludes halogenated alkanes) is 19. The quantitative estimate of drug-likeness (QED) is 0.0241. The normalized spacial score (nSPS) is 15.2. The summed E-state index contributed by atoms with van der Waals surface area (Å²) in [7, 11) is -4.40. The van der Waals surface area contributed by atoms with Crippen LogP contribution in [-0.2, 0) is 18.4 Å². The van der Waals surface area contributed by atoms with E-state index in [1.165, 1.54) is 96.3 Å². The largest absolute Gasteiger partial charge is 0.472 e. The molecule has 50 heavy (non-hydrogen) atoms. The molecule has 9 nitrogen and oxygen atoms in total. The van der Waals surface area contributed by atoms with Crippen LogP contribution in [0.5, 0.6) is 0 Å². The Balaban J connectivity index is 4.47. The summed E-state index contributed by atoms with van der Waals surface area (Å²) in [5, 5.41) is 23.9. The second-order valence-corrected chi connectivity index (χ2v) is 15.1. The first-order valence-electron chi connectivity index (χ1n) is 20.2. The smallest absolute Gasteiger partial charge is 0.393 e. The zero-order chi connectivity index (χ0) is 37.0. The van der Waals surface area contributed by atoms with Crippen LogP contribution in [-0.4, -0.2) is 59.0 Å². The Bertz CT molecular complexity index is 899. The van der Waals surface area contributed by atoms with Crippen molar-refractivity contribution in [1.29, 1.82) is 0 Å². The Morgan fingerprint density at radius 3 is 1.68 bits per heavy atom. The van der Waals surface area contributed by atoms with E-state index < -0.39 is 38.6 Å². The molecular formula is C40H77N2O7P. The summed E-state index contributed by atoms with van der Waals surface area (Å²) in [6.07, 6.45) is 38.0. The molecule has 0 bridgehead atoms. The van der Waals surface area contributed by atoms with Crippen LogP contribution in [0.3, 0.4) is 0 Å². The molecule has 0 aromatic heterocycles. The Labute approximate surface area is 306 Å². The van der Waals surface area contributed by atoms with Crippen molar-refractivity contribution in [3.05, 3.63) is 36.5 Å². The second-order valence-electron chi connectivity index (χ2n) is 13.7. The lowest BCUT2D eigenvalue weighted by Gasteiger charge is -2.24. The van der Waals surface area contributed by atoms with Gasteiger partial charge >= 0.3 is 7.82 Å². The van der Waals surface area contributed by atoms with Crippen LogP contribution in [0.25, 0.3) is 0 Å². The van der Waals surface area contributed by atoms with Crippen LogP contribution in [0.4, 0.5) is 0 Å². The lowest BCUT2D eigenvalue weighted by Crippen LogP contribution is -2.46. The topological polar surface area (TPSA) is 151 Å². The number of hydrogen-bond acceptors (Lipinski definition) is 7. The van der Waals surface area contributed by atoms with E-state index in [9.17, 15) is 24.5 Å². The van der Waals surface area contributed by atoms with Gasteiger partial charge in [0.1, 0.15) is 0 Å². The van der Waals surface area contributed by atoms with E-state index in [-0.39, 0.29) is 19.6 Å². The minimum atomic E-state index is -4.40. The fraction of sp³-hybridized carbons (Fsp3) is 0.825. The molecule has 0 aliphatic rings. The van der Waals surface area contributed by atoms with Crippen molar-refractivity contribution in [2.24, 2.45) is 5.73 Å². The maximum atomic E-state index is 12.8. The molecule has 4 atom stereocenters. The standard InChI is InChI=1S/C40H77N2O7P/c1-3-5-7-9-11-13-15-17-18-20-22-24-26-28-30-32-39(44)38(36-49-50(46,47)48-34-33-41)42-40(45)35-37(43)31-29-27-25-23-21-19-16-14-12-10-8-6-4-2/h14,16,22,24,30,32,37-39,43-44H,3-13,15,17-21,23,25-29,31,33-36,41H2,1-2H3,(H,42,45)(H,46,47)/b16-14-,24-22+,32-30+. The number of amides is 1. The van der Waals surface area contributed by atoms with E-state index in [1.807, 2.05) is 6.08 Å². The van der Waals surface area contributed by atoms with Gasteiger partial charge < -0.3 is 26.2 Å². The summed E-state index contributed by atoms with van der Waals surface area (Å²) in [5.41, 5.74) is 5.35. The highest BCUT2D eigenvalue weighted by Crippen LogP contribution is 2.43. The third kappa shape index (κ3) is 33.8. The lowest BCUT2D eigenvalue weighted by molar-refractivity contribution is -0.124. The van der Waals surface area contributed by atoms with Crippen molar-refractivity contribution >= 4 is 13.7 Å². The van der Waals surface area contributed by atoms with Crippen molar-refractivity contribution in [2.45, 2.75) is 193 Å². The van der Waals surface area contributed by atoms with E-state index in [0.717, 1.165) is 44.9 Å². The Morgan fingerprint density at radius 2 is 1.14 bits per heavy atom. The third-order valence-corrected chi connectivity index (χ3v) is 9.73. The molecule has 0 rings (SSSR count). The molecule has 0 heterocycles. The number of nitrogens with one attached hydrogen (secondary N) is 1. The first-order valence-corrected chi connectivity index (χ1v) is 21.7. The van der Waals surface area contributed by atoms with Crippen LogP contribution < -0.4 is 11.1 Å². The molecule has 0 saturated carbocycles. The van der Waals surface area contributed by atoms with Crippen molar-refractivity contribution in [1.82, 2.24) is 5.32 Å². The lowest BCUT2D eigenvalue weighted by atomic mass is 10.0. The van der Waals surface area contributed by atoms with E-state index in [0.29, 0.717) is 12.8 Å².